The van der Waals surface area contributed by atoms with Crippen LogP contribution in [0.2, 0.25) is 5.02 Å². The average molecular weight is 591 g/mol. The molecule has 1 heterocycles. The summed E-state index contributed by atoms with van der Waals surface area (Å²) in [5.74, 6) is 0.334. The predicted octanol–water partition coefficient (Wildman–Crippen LogP) is 6.35. The van der Waals surface area contributed by atoms with Crippen LogP contribution in [0.25, 0.3) is 0 Å². The number of rotatable bonds is 10. The Kier molecular flexibility index (Phi) is 9.76. The third-order valence-corrected chi connectivity index (χ3v) is 7.26. The highest BCUT2D eigenvalue weighted by Gasteiger charge is 2.27. The topological polar surface area (TPSA) is 88.9 Å². The van der Waals surface area contributed by atoms with Crippen LogP contribution in [0.1, 0.15) is 47.2 Å². The Balaban J connectivity index is 1.78. The summed E-state index contributed by atoms with van der Waals surface area (Å²) in [5.41, 5.74) is 3.15. The predicted molar refractivity (Wildman–Crippen MR) is 150 cm³/mol. The van der Waals surface area contributed by atoms with Crippen molar-refractivity contribution in [3.05, 3.63) is 81.1 Å². The van der Waals surface area contributed by atoms with Crippen molar-refractivity contribution in [3.8, 4) is 0 Å². The van der Waals surface area contributed by atoms with Gasteiger partial charge in [-0.05, 0) is 55.2 Å². The third kappa shape index (κ3) is 6.78. The largest absolute Gasteiger partial charge is 0.342 e. The SMILES string of the molecule is C=CCn1c(SCC(=O)Nc2c(C)cc(Br)cc2C)nnc1C(NC(=O)c1ccccc1Cl)C(C)C. The summed E-state index contributed by atoms with van der Waals surface area (Å²) in [4.78, 5) is 25.7. The van der Waals surface area contributed by atoms with Crippen molar-refractivity contribution in [1.29, 1.82) is 0 Å². The Labute approximate surface area is 229 Å². The van der Waals surface area contributed by atoms with E-state index in [4.69, 9.17) is 11.6 Å². The highest BCUT2D eigenvalue weighted by molar-refractivity contribution is 9.10. The van der Waals surface area contributed by atoms with Gasteiger partial charge in [-0.3, -0.25) is 9.59 Å². The zero-order chi connectivity index (χ0) is 26.4. The summed E-state index contributed by atoms with van der Waals surface area (Å²) in [7, 11) is 0. The first kappa shape index (κ1) is 28.0. The van der Waals surface area contributed by atoms with Crippen molar-refractivity contribution in [1.82, 2.24) is 20.1 Å². The van der Waals surface area contributed by atoms with Gasteiger partial charge in [-0.1, -0.05) is 71.3 Å². The number of carbonyl (C=O) groups is 2. The summed E-state index contributed by atoms with van der Waals surface area (Å²) >= 11 is 11.0. The maximum absolute atomic E-state index is 13.0. The number of nitrogens with one attached hydrogen (secondary N) is 2. The lowest BCUT2D eigenvalue weighted by atomic mass is 10.0. The molecule has 0 fully saturated rings. The number of carbonyl (C=O) groups excluding carboxylic acids is 2. The van der Waals surface area contributed by atoms with E-state index in [-0.39, 0.29) is 23.5 Å². The standard InChI is InChI=1S/C26H29BrClN5O2S/c1-6-11-33-24(22(15(2)3)30-25(35)19-9-7-8-10-20(19)28)31-32-26(33)36-14-21(34)29-23-16(4)12-18(27)13-17(23)5/h6-10,12-13,15,22H,1,11,14H2,2-5H3,(H,29,34)(H,30,35). The highest BCUT2D eigenvalue weighted by atomic mass is 79.9. The quantitative estimate of drug-likeness (QED) is 0.212. The minimum atomic E-state index is -0.419. The smallest absolute Gasteiger partial charge is 0.253 e. The van der Waals surface area contributed by atoms with Crippen LogP contribution in [-0.4, -0.2) is 32.3 Å². The first-order valence-corrected chi connectivity index (χ1v) is 13.6. The molecule has 1 unspecified atom stereocenters. The number of hydrogen-bond acceptors (Lipinski definition) is 5. The van der Waals surface area contributed by atoms with E-state index in [1.54, 1.807) is 30.3 Å². The first-order valence-electron chi connectivity index (χ1n) is 11.4. The Morgan fingerprint density at radius 2 is 1.86 bits per heavy atom. The van der Waals surface area contributed by atoms with E-state index in [0.29, 0.717) is 28.1 Å². The molecule has 0 saturated carbocycles. The lowest BCUT2D eigenvalue weighted by molar-refractivity contribution is -0.113. The molecular weight excluding hydrogens is 562 g/mol. The molecule has 0 aliphatic heterocycles. The minimum absolute atomic E-state index is 0.0220. The molecule has 0 radical (unpaired) electrons. The monoisotopic (exact) mass is 589 g/mol. The Bertz CT molecular complexity index is 1250. The van der Waals surface area contributed by atoms with Gasteiger partial charge in [0.05, 0.1) is 22.4 Å². The molecule has 1 aromatic heterocycles. The molecule has 2 amide bonds. The molecule has 3 aromatic rings. The summed E-state index contributed by atoms with van der Waals surface area (Å²) < 4.78 is 2.84. The lowest BCUT2D eigenvalue weighted by Crippen LogP contribution is -2.34. The summed E-state index contributed by atoms with van der Waals surface area (Å²) in [6.45, 7) is 12.2. The zero-order valence-corrected chi connectivity index (χ0v) is 23.8. The number of halogens is 2. The number of aryl methyl sites for hydroxylation is 2. The van der Waals surface area contributed by atoms with E-state index >= 15 is 0 Å². The van der Waals surface area contributed by atoms with Crippen molar-refractivity contribution < 1.29 is 9.59 Å². The molecule has 0 aliphatic carbocycles. The van der Waals surface area contributed by atoms with Gasteiger partial charge >= 0.3 is 0 Å². The summed E-state index contributed by atoms with van der Waals surface area (Å²) in [5, 5.41) is 15.7. The van der Waals surface area contributed by atoms with Gasteiger partial charge in [0.15, 0.2) is 11.0 Å². The molecule has 0 spiro atoms. The molecule has 1 atom stereocenters. The Morgan fingerprint density at radius 1 is 1.19 bits per heavy atom. The molecule has 0 bridgehead atoms. The lowest BCUT2D eigenvalue weighted by Gasteiger charge is -2.23. The number of amides is 2. The van der Waals surface area contributed by atoms with Crippen LogP contribution in [0, 0.1) is 19.8 Å². The number of allylic oxidation sites excluding steroid dienone is 1. The van der Waals surface area contributed by atoms with Gasteiger partial charge in [0.2, 0.25) is 5.91 Å². The fourth-order valence-corrected chi connectivity index (χ4v) is 5.41. The second kappa shape index (κ2) is 12.6. The van der Waals surface area contributed by atoms with E-state index in [0.717, 1.165) is 21.3 Å². The number of nitrogens with zero attached hydrogens (tertiary/aromatic N) is 3. The van der Waals surface area contributed by atoms with E-state index in [1.165, 1.54) is 11.8 Å². The van der Waals surface area contributed by atoms with Gasteiger partial charge in [0.1, 0.15) is 0 Å². The van der Waals surface area contributed by atoms with Crippen LogP contribution in [0.3, 0.4) is 0 Å². The van der Waals surface area contributed by atoms with E-state index in [2.05, 4.69) is 43.3 Å². The van der Waals surface area contributed by atoms with Crippen LogP contribution in [0.4, 0.5) is 5.69 Å². The highest BCUT2D eigenvalue weighted by Crippen LogP contribution is 2.28. The summed E-state index contributed by atoms with van der Waals surface area (Å²) in [6, 6.07) is 10.4. The number of anilines is 1. The molecule has 2 aromatic carbocycles. The van der Waals surface area contributed by atoms with Gasteiger partial charge in [0.25, 0.3) is 5.91 Å². The molecular formula is C26H29BrClN5O2S. The zero-order valence-electron chi connectivity index (χ0n) is 20.6. The van der Waals surface area contributed by atoms with Gasteiger partial charge in [0, 0.05) is 16.7 Å². The molecule has 190 valence electrons. The van der Waals surface area contributed by atoms with Gasteiger partial charge in [-0.15, -0.1) is 16.8 Å². The normalized spacial score (nSPS) is 11.9. The Hall–Kier alpha value is -2.62. The number of benzene rings is 2. The fraction of sp³-hybridized carbons (Fsp3) is 0.308. The number of aromatic nitrogens is 3. The van der Waals surface area contributed by atoms with Crippen LogP contribution >= 0.6 is 39.3 Å². The van der Waals surface area contributed by atoms with Crippen molar-refractivity contribution in [2.24, 2.45) is 5.92 Å². The molecule has 7 nitrogen and oxygen atoms in total. The maximum Gasteiger partial charge on any atom is 0.253 e. The number of thioether (sulfide) groups is 1. The molecule has 36 heavy (non-hydrogen) atoms. The second-order valence-electron chi connectivity index (χ2n) is 8.67. The maximum atomic E-state index is 13.0. The van der Waals surface area contributed by atoms with Crippen molar-refractivity contribution in [2.75, 3.05) is 11.1 Å². The first-order chi connectivity index (χ1) is 17.1. The molecule has 0 aliphatic rings. The van der Waals surface area contributed by atoms with Crippen LogP contribution < -0.4 is 10.6 Å². The van der Waals surface area contributed by atoms with Gasteiger partial charge in [-0.2, -0.15) is 0 Å². The molecule has 0 saturated heterocycles. The second-order valence-corrected chi connectivity index (χ2v) is 10.9. The van der Waals surface area contributed by atoms with Crippen molar-refractivity contribution in [2.45, 2.75) is 45.4 Å². The van der Waals surface area contributed by atoms with Gasteiger partial charge in [-0.25, -0.2) is 0 Å². The minimum Gasteiger partial charge on any atom is -0.342 e. The van der Waals surface area contributed by atoms with Crippen LogP contribution in [0.15, 0.2) is 58.7 Å². The van der Waals surface area contributed by atoms with E-state index in [1.807, 2.05) is 44.4 Å². The van der Waals surface area contributed by atoms with Gasteiger partial charge < -0.3 is 15.2 Å². The Morgan fingerprint density at radius 3 is 2.47 bits per heavy atom. The third-order valence-electron chi connectivity index (χ3n) is 5.50. The van der Waals surface area contributed by atoms with Crippen LogP contribution in [0.5, 0.6) is 0 Å². The average Bonchev–Trinajstić information content (AvgIpc) is 3.20. The molecule has 2 N–H and O–H groups in total. The van der Waals surface area contributed by atoms with E-state index in [9.17, 15) is 9.59 Å². The van der Waals surface area contributed by atoms with Crippen molar-refractivity contribution in [3.63, 3.8) is 0 Å². The van der Waals surface area contributed by atoms with E-state index < -0.39 is 6.04 Å². The van der Waals surface area contributed by atoms with Crippen molar-refractivity contribution >= 4 is 56.8 Å². The number of hydrogen-bond donors (Lipinski definition) is 2. The van der Waals surface area contributed by atoms with Crippen LogP contribution in [-0.2, 0) is 11.3 Å². The summed E-state index contributed by atoms with van der Waals surface area (Å²) in [6.07, 6.45) is 1.73. The molecule has 3 rings (SSSR count). The molecule has 10 heteroatoms. The fourth-order valence-electron chi connectivity index (χ4n) is 3.74.